The van der Waals surface area contributed by atoms with Crippen molar-refractivity contribution in [1.82, 2.24) is 25.4 Å². The van der Waals surface area contributed by atoms with Gasteiger partial charge in [-0.1, -0.05) is 17.4 Å². The van der Waals surface area contributed by atoms with E-state index >= 15 is 0 Å². The van der Waals surface area contributed by atoms with Crippen LogP contribution in [-0.2, 0) is 4.79 Å². The number of hydrogen-bond donors (Lipinski definition) is 2. The topological polar surface area (TPSA) is 83.0 Å². The number of amides is 1. The highest BCUT2D eigenvalue weighted by molar-refractivity contribution is 7.15. The SMILES string of the molecule is CNCC(=O)N1CCC[C@H](c2cccc(Nc3nnc(C)s3)n2)C1. The highest BCUT2D eigenvalue weighted by atomic mass is 32.1. The zero-order valence-electron chi connectivity index (χ0n) is 14.0. The zero-order valence-corrected chi connectivity index (χ0v) is 14.8. The van der Waals surface area contributed by atoms with Gasteiger partial charge in [0.15, 0.2) is 0 Å². The number of carbonyl (C=O) groups excluding carboxylic acids is 1. The van der Waals surface area contributed by atoms with Gasteiger partial charge in [-0.05, 0) is 38.9 Å². The second-order valence-electron chi connectivity index (χ2n) is 5.91. The van der Waals surface area contributed by atoms with E-state index in [-0.39, 0.29) is 11.8 Å². The van der Waals surface area contributed by atoms with Gasteiger partial charge in [0.2, 0.25) is 11.0 Å². The lowest BCUT2D eigenvalue weighted by Gasteiger charge is -2.32. The minimum absolute atomic E-state index is 0.154. The molecule has 1 saturated heterocycles. The molecular weight excluding hydrogens is 324 g/mol. The molecule has 3 heterocycles. The molecule has 2 N–H and O–H groups in total. The first-order chi connectivity index (χ1) is 11.7. The summed E-state index contributed by atoms with van der Waals surface area (Å²) in [4.78, 5) is 18.7. The molecule has 2 aromatic heterocycles. The number of nitrogens with zero attached hydrogens (tertiary/aromatic N) is 4. The third-order valence-electron chi connectivity index (χ3n) is 4.05. The number of nitrogens with one attached hydrogen (secondary N) is 2. The van der Waals surface area contributed by atoms with Crippen LogP contribution in [0, 0.1) is 6.92 Å². The molecule has 24 heavy (non-hydrogen) atoms. The Balaban J connectivity index is 1.70. The van der Waals surface area contributed by atoms with E-state index in [4.69, 9.17) is 4.98 Å². The summed E-state index contributed by atoms with van der Waals surface area (Å²) in [7, 11) is 1.80. The Morgan fingerprint density at radius 2 is 2.29 bits per heavy atom. The van der Waals surface area contributed by atoms with Crippen molar-refractivity contribution in [1.29, 1.82) is 0 Å². The van der Waals surface area contributed by atoms with Crippen molar-refractivity contribution in [2.24, 2.45) is 0 Å². The van der Waals surface area contributed by atoms with Gasteiger partial charge in [-0.3, -0.25) is 4.79 Å². The maximum atomic E-state index is 12.1. The molecule has 128 valence electrons. The van der Waals surface area contributed by atoms with Gasteiger partial charge >= 0.3 is 0 Å². The van der Waals surface area contributed by atoms with Crippen molar-refractivity contribution in [3.8, 4) is 0 Å². The van der Waals surface area contributed by atoms with Crippen LogP contribution in [0.25, 0.3) is 0 Å². The highest BCUT2D eigenvalue weighted by Crippen LogP contribution is 2.27. The predicted molar refractivity (Wildman–Crippen MR) is 94.6 cm³/mol. The molecule has 0 unspecified atom stereocenters. The lowest BCUT2D eigenvalue weighted by atomic mass is 9.94. The Bertz CT molecular complexity index is 703. The molecule has 1 aliphatic heterocycles. The first kappa shape index (κ1) is 16.8. The summed E-state index contributed by atoms with van der Waals surface area (Å²) >= 11 is 1.50. The summed E-state index contributed by atoms with van der Waals surface area (Å²) in [6.07, 6.45) is 2.06. The van der Waals surface area contributed by atoms with Gasteiger partial charge in [0, 0.05) is 24.7 Å². The van der Waals surface area contributed by atoms with E-state index in [1.165, 1.54) is 11.3 Å². The fourth-order valence-corrected chi connectivity index (χ4v) is 3.51. The van der Waals surface area contributed by atoms with Crippen LogP contribution < -0.4 is 10.6 Å². The molecule has 1 fully saturated rings. The zero-order chi connectivity index (χ0) is 16.9. The number of aryl methyl sites for hydroxylation is 1. The predicted octanol–water partition coefficient (Wildman–Crippen LogP) is 1.91. The van der Waals surface area contributed by atoms with Crippen LogP contribution in [0.2, 0.25) is 0 Å². The second-order valence-corrected chi connectivity index (χ2v) is 7.09. The maximum absolute atomic E-state index is 12.1. The number of rotatable bonds is 5. The quantitative estimate of drug-likeness (QED) is 0.860. The Labute approximate surface area is 145 Å². The van der Waals surface area contributed by atoms with E-state index in [1.54, 1.807) is 7.05 Å². The average Bonchev–Trinajstić information content (AvgIpc) is 3.00. The Morgan fingerprint density at radius 1 is 1.42 bits per heavy atom. The number of likely N-dealkylation sites (tertiary alicyclic amines) is 1. The minimum atomic E-state index is 0.154. The standard InChI is InChI=1S/C16H22N6OS/c1-11-20-21-16(24-11)19-14-7-3-6-13(18-14)12-5-4-8-22(10-12)15(23)9-17-2/h3,6-7,12,17H,4-5,8-10H2,1-2H3,(H,18,19,21)/t12-/m0/s1. The van der Waals surface area contributed by atoms with Crippen LogP contribution >= 0.6 is 11.3 Å². The van der Waals surface area contributed by atoms with Gasteiger partial charge in [-0.25, -0.2) is 4.98 Å². The molecule has 2 aromatic rings. The van der Waals surface area contributed by atoms with Crippen molar-refractivity contribution in [2.75, 3.05) is 32.0 Å². The summed E-state index contributed by atoms with van der Waals surface area (Å²) in [6.45, 7) is 3.87. The number of aromatic nitrogens is 3. The molecule has 7 nitrogen and oxygen atoms in total. The summed E-state index contributed by atoms with van der Waals surface area (Å²) in [5, 5.41) is 15.9. The molecule has 0 aliphatic carbocycles. The molecule has 0 spiro atoms. The molecule has 3 rings (SSSR count). The molecule has 0 aromatic carbocycles. The van der Waals surface area contributed by atoms with Gasteiger partial charge in [0.1, 0.15) is 10.8 Å². The normalized spacial score (nSPS) is 17.8. The lowest BCUT2D eigenvalue weighted by Crippen LogP contribution is -2.43. The maximum Gasteiger partial charge on any atom is 0.236 e. The summed E-state index contributed by atoms with van der Waals surface area (Å²) in [6, 6.07) is 5.95. The largest absolute Gasteiger partial charge is 0.341 e. The number of anilines is 2. The fourth-order valence-electron chi connectivity index (χ4n) is 2.91. The van der Waals surface area contributed by atoms with Crippen LogP contribution in [0.15, 0.2) is 18.2 Å². The van der Waals surface area contributed by atoms with E-state index in [0.717, 1.165) is 47.6 Å². The molecule has 0 radical (unpaired) electrons. The third kappa shape index (κ3) is 4.07. The van der Waals surface area contributed by atoms with E-state index in [2.05, 4.69) is 20.8 Å². The van der Waals surface area contributed by atoms with Crippen molar-refractivity contribution < 1.29 is 4.79 Å². The van der Waals surface area contributed by atoms with Gasteiger partial charge in [0.25, 0.3) is 0 Å². The number of pyridine rings is 1. The first-order valence-electron chi connectivity index (χ1n) is 8.12. The Morgan fingerprint density at radius 3 is 3.04 bits per heavy atom. The van der Waals surface area contributed by atoms with E-state index in [1.807, 2.05) is 30.0 Å². The summed E-state index contributed by atoms with van der Waals surface area (Å²) < 4.78 is 0. The fraction of sp³-hybridized carbons (Fsp3) is 0.500. The van der Waals surface area contributed by atoms with Crippen LogP contribution in [-0.4, -0.2) is 52.7 Å². The molecule has 0 bridgehead atoms. The smallest absolute Gasteiger partial charge is 0.236 e. The third-order valence-corrected chi connectivity index (χ3v) is 4.81. The van der Waals surface area contributed by atoms with Crippen LogP contribution in [0.1, 0.15) is 29.5 Å². The van der Waals surface area contributed by atoms with Crippen molar-refractivity contribution >= 4 is 28.2 Å². The highest BCUT2D eigenvalue weighted by Gasteiger charge is 2.25. The Hall–Kier alpha value is -2.06. The lowest BCUT2D eigenvalue weighted by molar-refractivity contribution is -0.131. The number of hydrogen-bond acceptors (Lipinski definition) is 7. The van der Waals surface area contributed by atoms with Crippen LogP contribution in [0.3, 0.4) is 0 Å². The van der Waals surface area contributed by atoms with Crippen molar-refractivity contribution in [2.45, 2.75) is 25.7 Å². The molecular formula is C16H22N6OS. The van der Waals surface area contributed by atoms with E-state index < -0.39 is 0 Å². The molecule has 8 heteroatoms. The van der Waals surface area contributed by atoms with Crippen LogP contribution in [0.4, 0.5) is 10.9 Å². The summed E-state index contributed by atoms with van der Waals surface area (Å²) in [5.41, 5.74) is 1.02. The average molecular weight is 346 g/mol. The van der Waals surface area contributed by atoms with E-state index in [9.17, 15) is 4.79 Å². The van der Waals surface area contributed by atoms with E-state index in [0.29, 0.717) is 6.54 Å². The van der Waals surface area contributed by atoms with Gasteiger partial charge in [0.05, 0.1) is 6.54 Å². The number of likely N-dealkylation sites (N-methyl/N-ethyl adjacent to an activating group) is 1. The molecule has 0 saturated carbocycles. The molecule has 1 atom stereocenters. The second kappa shape index (κ2) is 7.67. The van der Waals surface area contributed by atoms with Crippen LogP contribution in [0.5, 0.6) is 0 Å². The van der Waals surface area contributed by atoms with Gasteiger partial charge in [-0.15, -0.1) is 10.2 Å². The van der Waals surface area contributed by atoms with Gasteiger partial charge in [-0.2, -0.15) is 0 Å². The van der Waals surface area contributed by atoms with Crippen molar-refractivity contribution in [3.63, 3.8) is 0 Å². The number of piperidine rings is 1. The molecule has 1 aliphatic rings. The van der Waals surface area contributed by atoms with Crippen molar-refractivity contribution in [3.05, 3.63) is 28.9 Å². The monoisotopic (exact) mass is 346 g/mol. The Kier molecular flexibility index (Phi) is 5.37. The summed E-state index contributed by atoms with van der Waals surface area (Å²) in [5.74, 6) is 1.20. The molecule has 1 amide bonds. The first-order valence-corrected chi connectivity index (χ1v) is 8.94. The number of carbonyl (C=O) groups is 1. The van der Waals surface area contributed by atoms with Gasteiger partial charge < -0.3 is 15.5 Å². The minimum Gasteiger partial charge on any atom is -0.341 e.